The van der Waals surface area contributed by atoms with E-state index in [9.17, 15) is 13.2 Å². The minimum Gasteiger partial charge on any atom is -0.326 e. The maximum atomic E-state index is 12.6. The van der Waals surface area contributed by atoms with Crippen LogP contribution in [-0.2, 0) is 14.8 Å². The third-order valence-electron chi connectivity index (χ3n) is 4.94. The van der Waals surface area contributed by atoms with Crippen molar-refractivity contribution in [1.82, 2.24) is 14.3 Å². The molecule has 0 saturated carbocycles. The Hall–Kier alpha value is -2.75. The van der Waals surface area contributed by atoms with Gasteiger partial charge in [-0.25, -0.2) is 18.4 Å². The smallest absolute Gasteiger partial charge is 0.243 e. The molecule has 0 spiro atoms. The first-order valence-electron chi connectivity index (χ1n) is 10.8. The van der Waals surface area contributed by atoms with Crippen LogP contribution in [-0.4, -0.2) is 47.4 Å². The second-order valence-corrected chi connectivity index (χ2v) is 10.3. The van der Waals surface area contributed by atoms with E-state index in [-0.39, 0.29) is 10.8 Å². The zero-order valence-electron chi connectivity index (χ0n) is 19.0. The van der Waals surface area contributed by atoms with E-state index in [0.29, 0.717) is 36.8 Å². The van der Waals surface area contributed by atoms with Gasteiger partial charge in [0.1, 0.15) is 10.9 Å². The van der Waals surface area contributed by atoms with Gasteiger partial charge >= 0.3 is 0 Å². The average Bonchev–Trinajstić information content (AvgIpc) is 2.80. The maximum absolute atomic E-state index is 12.6. The molecule has 0 saturated heterocycles. The van der Waals surface area contributed by atoms with Crippen molar-refractivity contribution in [2.45, 2.75) is 37.1 Å². The van der Waals surface area contributed by atoms with Crippen molar-refractivity contribution in [1.29, 1.82) is 0 Å². The molecule has 0 aliphatic heterocycles. The van der Waals surface area contributed by atoms with Crippen molar-refractivity contribution in [3.63, 3.8) is 0 Å². The van der Waals surface area contributed by atoms with Gasteiger partial charge in [0, 0.05) is 36.5 Å². The van der Waals surface area contributed by atoms with E-state index in [1.807, 2.05) is 43.3 Å². The summed E-state index contributed by atoms with van der Waals surface area (Å²) in [4.78, 5) is 21.5. The Morgan fingerprint density at radius 2 is 1.67 bits per heavy atom. The van der Waals surface area contributed by atoms with Crippen LogP contribution in [0.5, 0.6) is 0 Å². The molecule has 0 fully saturated rings. The molecule has 7 nitrogen and oxygen atoms in total. The minimum atomic E-state index is -3.51. The number of hydrogen-bond acceptors (Lipinski definition) is 6. The van der Waals surface area contributed by atoms with Gasteiger partial charge in [0.2, 0.25) is 15.9 Å². The molecule has 0 radical (unpaired) electrons. The summed E-state index contributed by atoms with van der Waals surface area (Å²) >= 11 is 1.50. The van der Waals surface area contributed by atoms with Crippen LogP contribution in [0, 0.1) is 6.92 Å². The first-order valence-corrected chi connectivity index (χ1v) is 13.2. The zero-order chi connectivity index (χ0) is 23.8. The van der Waals surface area contributed by atoms with E-state index in [2.05, 4.69) is 15.3 Å². The van der Waals surface area contributed by atoms with Crippen LogP contribution in [0.1, 0.15) is 26.1 Å². The highest BCUT2D eigenvalue weighted by atomic mass is 32.2. The minimum absolute atomic E-state index is 0.143. The summed E-state index contributed by atoms with van der Waals surface area (Å²) in [5.74, 6) is 1.10. The fourth-order valence-electron chi connectivity index (χ4n) is 3.27. The van der Waals surface area contributed by atoms with Crippen LogP contribution in [0.4, 0.5) is 5.69 Å². The van der Waals surface area contributed by atoms with Gasteiger partial charge in [0.15, 0.2) is 0 Å². The molecule has 3 rings (SSSR count). The lowest BCUT2D eigenvalue weighted by atomic mass is 10.1. The summed E-state index contributed by atoms with van der Waals surface area (Å²) in [7, 11) is -3.51. The van der Waals surface area contributed by atoms with Gasteiger partial charge in [-0.15, -0.1) is 11.8 Å². The number of thioether (sulfide) groups is 1. The van der Waals surface area contributed by atoms with Crippen LogP contribution < -0.4 is 5.32 Å². The Balaban J connectivity index is 1.56. The second kappa shape index (κ2) is 11.4. The molecule has 0 atom stereocenters. The topological polar surface area (TPSA) is 92.3 Å². The molecule has 0 aliphatic carbocycles. The van der Waals surface area contributed by atoms with Crippen molar-refractivity contribution < 1.29 is 13.2 Å². The summed E-state index contributed by atoms with van der Waals surface area (Å²) in [6, 6.07) is 18.1. The number of nitrogens with zero attached hydrogens (tertiary/aromatic N) is 3. The molecule has 0 unspecified atom stereocenters. The molecule has 1 N–H and O–H groups in total. The monoisotopic (exact) mass is 484 g/mol. The van der Waals surface area contributed by atoms with Crippen molar-refractivity contribution >= 4 is 33.4 Å². The average molecular weight is 485 g/mol. The van der Waals surface area contributed by atoms with E-state index in [4.69, 9.17) is 0 Å². The van der Waals surface area contributed by atoms with Crippen molar-refractivity contribution in [3.05, 3.63) is 66.5 Å². The predicted octanol–water partition coefficient (Wildman–Crippen LogP) is 4.60. The normalized spacial score (nSPS) is 11.5. The molecule has 1 aromatic heterocycles. The number of sulfonamides is 1. The quantitative estimate of drug-likeness (QED) is 0.334. The first-order chi connectivity index (χ1) is 15.8. The molecular formula is C24H28N4O3S2. The van der Waals surface area contributed by atoms with Crippen molar-refractivity contribution in [3.8, 4) is 11.3 Å². The largest absolute Gasteiger partial charge is 0.326 e. The molecule has 3 aromatic rings. The standard InChI is InChI=1S/C24H28N4O3S2/c1-4-28(5-2)33(30,31)21-13-11-20(12-14-21)27-23(29)15-16-32-24-17-22(25-18(3)26-24)19-9-7-6-8-10-19/h6-14,17H,4-5,15-16H2,1-3H3,(H,27,29). The van der Waals surface area contributed by atoms with E-state index in [0.717, 1.165) is 16.3 Å². The molecule has 2 aromatic carbocycles. The molecule has 1 heterocycles. The van der Waals surface area contributed by atoms with E-state index >= 15 is 0 Å². The molecule has 0 aliphatic rings. The lowest BCUT2D eigenvalue weighted by Crippen LogP contribution is -2.30. The molecule has 1 amide bonds. The third kappa shape index (κ3) is 6.63. The molecule has 9 heteroatoms. The Labute approximate surface area is 199 Å². The summed E-state index contributed by atoms with van der Waals surface area (Å²) in [5.41, 5.74) is 2.44. The van der Waals surface area contributed by atoms with Crippen molar-refractivity contribution in [2.75, 3.05) is 24.2 Å². The number of benzene rings is 2. The Kier molecular flexibility index (Phi) is 8.60. The zero-order valence-corrected chi connectivity index (χ0v) is 20.6. The fraction of sp³-hybridized carbons (Fsp3) is 0.292. The predicted molar refractivity (Wildman–Crippen MR) is 133 cm³/mol. The molecular weight excluding hydrogens is 456 g/mol. The lowest BCUT2D eigenvalue weighted by Gasteiger charge is -2.18. The molecule has 33 heavy (non-hydrogen) atoms. The fourth-order valence-corrected chi connectivity index (χ4v) is 5.61. The SMILES string of the molecule is CCN(CC)S(=O)(=O)c1ccc(NC(=O)CCSc2cc(-c3ccccc3)nc(C)n2)cc1. The van der Waals surface area contributed by atoms with E-state index < -0.39 is 10.0 Å². The number of anilines is 1. The summed E-state index contributed by atoms with van der Waals surface area (Å²) in [6.07, 6.45) is 0.299. The van der Waals surface area contributed by atoms with Gasteiger partial charge in [0.05, 0.1) is 10.6 Å². The number of amides is 1. The summed E-state index contributed by atoms with van der Waals surface area (Å²) in [5, 5.41) is 3.64. The summed E-state index contributed by atoms with van der Waals surface area (Å²) in [6.45, 7) is 6.28. The van der Waals surface area contributed by atoms with Crippen molar-refractivity contribution in [2.24, 2.45) is 0 Å². The number of carbonyl (C=O) groups excluding carboxylic acids is 1. The first kappa shape index (κ1) is 24.9. The van der Waals surface area contributed by atoms with Gasteiger partial charge < -0.3 is 5.32 Å². The number of aromatic nitrogens is 2. The lowest BCUT2D eigenvalue weighted by molar-refractivity contribution is -0.115. The Bertz CT molecular complexity index is 1180. The number of rotatable bonds is 10. The van der Waals surface area contributed by atoms with Crippen LogP contribution >= 0.6 is 11.8 Å². The Morgan fingerprint density at radius 1 is 1.00 bits per heavy atom. The third-order valence-corrected chi connectivity index (χ3v) is 7.92. The molecule has 174 valence electrons. The number of carbonyl (C=O) groups is 1. The highest BCUT2D eigenvalue weighted by molar-refractivity contribution is 7.99. The number of aryl methyl sites for hydroxylation is 1. The van der Waals surface area contributed by atoms with Gasteiger partial charge in [0.25, 0.3) is 0 Å². The Morgan fingerprint density at radius 3 is 2.30 bits per heavy atom. The second-order valence-electron chi connectivity index (χ2n) is 7.27. The van der Waals surface area contributed by atoms with E-state index in [1.165, 1.54) is 28.2 Å². The maximum Gasteiger partial charge on any atom is 0.243 e. The van der Waals surface area contributed by atoms with Crippen LogP contribution in [0.2, 0.25) is 0 Å². The highest BCUT2D eigenvalue weighted by Gasteiger charge is 2.21. The number of nitrogens with one attached hydrogen (secondary N) is 1. The highest BCUT2D eigenvalue weighted by Crippen LogP contribution is 2.24. The summed E-state index contributed by atoms with van der Waals surface area (Å²) < 4.78 is 26.5. The molecule has 0 bridgehead atoms. The number of hydrogen-bond donors (Lipinski definition) is 1. The van der Waals surface area contributed by atoms with Gasteiger partial charge in [-0.3, -0.25) is 4.79 Å². The van der Waals surface area contributed by atoms with Crippen LogP contribution in [0.25, 0.3) is 11.3 Å². The van der Waals surface area contributed by atoms with E-state index in [1.54, 1.807) is 26.0 Å². The van der Waals surface area contributed by atoms with Crippen LogP contribution in [0.3, 0.4) is 0 Å². The van der Waals surface area contributed by atoms with Crippen LogP contribution in [0.15, 0.2) is 70.6 Å². The van der Waals surface area contributed by atoms with Gasteiger partial charge in [-0.05, 0) is 37.3 Å². The van der Waals surface area contributed by atoms with Gasteiger partial charge in [-0.1, -0.05) is 44.2 Å². The van der Waals surface area contributed by atoms with Gasteiger partial charge in [-0.2, -0.15) is 4.31 Å².